The Labute approximate surface area is 93.4 Å². The fraction of sp³-hybridized carbons (Fsp3) is 0. The van der Waals surface area contributed by atoms with E-state index in [4.69, 9.17) is 12.2 Å². The fourth-order valence-corrected chi connectivity index (χ4v) is 2.21. The van der Waals surface area contributed by atoms with Crippen LogP contribution in [0.5, 0.6) is 0 Å². The lowest BCUT2D eigenvalue weighted by Gasteiger charge is -2.12. The summed E-state index contributed by atoms with van der Waals surface area (Å²) in [5, 5.41) is 2.56. The molecule has 0 bridgehead atoms. The Balaban J connectivity index is 0.000000853. The fourth-order valence-electron chi connectivity index (χ4n) is 1.97. The molecule has 0 heterocycles. The van der Waals surface area contributed by atoms with Crippen molar-refractivity contribution in [2.24, 2.45) is 0 Å². The molecule has 0 radical (unpaired) electrons. The van der Waals surface area contributed by atoms with Gasteiger partial charge < -0.3 is 5.48 Å². The lowest BCUT2D eigenvalue weighted by molar-refractivity contribution is 0.824. The summed E-state index contributed by atoms with van der Waals surface area (Å²) in [5.74, 6) is 0. The minimum Gasteiger partial charge on any atom is -0.412 e. The maximum Gasteiger partial charge on any atom is 0.0456 e. The number of hydrogen-bond donors (Lipinski definition) is 0. The molecular formula is C13H10OS. The molecule has 1 nitrogen and oxygen atoms in total. The Hall–Kier alpha value is -1.51. The van der Waals surface area contributed by atoms with Crippen LogP contribution in [0.3, 0.4) is 0 Å². The zero-order valence-electron chi connectivity index (χ0n) is 8.03. The summed E-state index contributed by atoms with van der Waals surface area (Å²) >= 11 is 5.31. The van der Waals surface area contributed by atoms with Crippen molar-refractivity contribution < 1.29 is 5.48 Å². The van der Waals surface area contributed by atoms with E-state index in [2.05, 4.69) is 42.5 Å². The molecule has 0 unspecified atom stereocenters. The molecule has 1 aliphatic carbocycles. The van der Waals surface area contributed by atoms with Gasteiger partial charge in [-0.1, -0.05) is 54.7 Å². The van der Waals surface area contributed by atoms with E-state index in [-0.39, 0.29) is 5.48 Å². The summed E-state index contributed by atoms with van der Waals surface area (Å²) in [5.41, 5.74) is 2.46. The molecule has 74 valence electrons. The van der Waals surface area contributed by atoms with E-state index in [1.54, 1.807) is 0 Å². The minimum absolute atomic E-state index is 0. The zero-order valence-corrected chi connectivity index (χ0v) is 8.84. The van der Waals surface area contributed by atoms with Crippen molar-refractivity contribution in [2.45, 2.75) is 0 Å². The van der Waals surface area contributed by atoms with Crippen molar-refractivity contribution >= 4 is 33.9 Å². The summed E-state index contributed by atoms with van der Waals surface area (Å²) in [6, 6.07) is 12.6. The molecule has 0 aliphatic heterocycles. The van der Waals surface area contributed by atoms with E-state index < -0.39 is 0 Å². The van der Waals surface area contributed by atoms with Crippen LogP contribution in [0.4, 0.5) is 0 Å². The van der Waals surface area contributed by atoms with Crippen LogP contribution in [0.15, 0.2) is 42.5 Å². The molecular weight excluding hydrogens is 204 g/mol. The highest BCUT2D eigenvalue weighted by Gasteiger charge is 2.10. The van der Waals surface area contributed by atoms with Crippen LogP contribution >= 0.6 is 12.2 Å². The van der Waals surface area contributed by atoms with Crippen LogP contribution in [0.1, 0.15) is 11.1 Å². The van der Waals surface area contributed by atoms with Crippen LogP contribution in [0.25, 0.3) is 16.8 Å². The molecule has 0 saturated carbocycles. The molecule has 0 saturated heterocycles. The molecule has 2 aromatic carbocycles. The van der Waals surface area contributed by atoms with Gasteiger partial charge in [0.25, 0.3) is 0 Å². The highest BCUT2D eigenvalue weighted by Crippen LogP contribution is 2.28. The van der Waals surface area contributed by atoms with Crippen LogP contribution in [0.2, 0.25) is 0 Å². The van der Waals surface area contributed by atoms with Gasteiger partial charge in [-0.05, 0) is 22.4 Å². The van der Waals surface area contributed by atoms with Crippen LogP contribution in [-0.2, 0) is 0 Å². The average Bonchev–Trinajstić information content (AvgIpc) is 2.24. The third-order valence-electron chi connectivity index (χ3n) is 2.62. The second kappa shape index (κ2) is 3.57. The molecule has 2 heteroatoms. The molecule has 15 heavy (non-hydrogen) atoms. The summed E-state index contributed by atoms with van der Waals surface area (Å²) in [6.07, 6.45) is 4.10. The Morgan fingerprint density at radius 2 is 1.60 bits per heavy atom. The number of thiocarbonyl (C=S) groups is 1. The van der Waals surface area contributed by atoms with Gasteiger partial charge >= 0.3 is 0 Å². The summed E-state index contributed by atoms with van der Waals surface area (Å²) in [6.45, 7) is 0. The van der Waals surface area contributed by atoms with E-state index in [9.17, 15) is 0 Å². The predicted octanol–water partition coefficient (Wildman–Crippen LogP) is 2.76. The van der Waals surface area contributed by atoms with E-state index in [1.807, 2.05) is 6.08 Å². The van der Waals surface area contributed by atoms with Gasteiger partial charge in [-0.2, -0.15) is 0 Å². The summed E-state index contributed by atoms with van der Waals surface area (Å²) < 4.78 is 0. The Morgan fingerprint density at radius 1 is 0.867 bits per heavy atom. The van der Waals surface area contributed by atoms with Crippen LogP contribution in [0, 0.1) is 0 Å². The topological polar surface area (TPSA) is 31.5 Å². The lowest BCUT2D eigenvalue weighted by atomic mass is 9.93. The quantitative estimate of drug-likeness (QED) is 0.620. The molecule has 2 N–H and O–H groups in total. The van der Waals surface area contributed by atoms with Crippen LogP contribution in [-0.4, -0.2) is 10.3 Å². The molecule has 0 fully saturated rings. The van der Waals surface area contributed by atoms with Crippen molar-refractivity contribution in [1.29, 1.82) is 0 Å². The van der Waals surface area contributed by atoms with Gasteiger partial charge in [-0.3, -0.25) is 0 Å². The molecule has 0 amide bonds. The third-order valence-corrected chi connectivity index (χ3v) is 2.97. The Bertz CT molecular complexity index is 565. The number of rotatable bonds is 0. The van der Waals surface area contributed by atoms with Gasteiger partial charge in [-0.25, -0.2) is 0 Å². The van der Waals surface area contributed by atoms with E-state index >= 15 is 0 Å². The highest BCUT2D eigenvalue weighted by atomic mass is 32.1. The average molecular weight is 214 g/mol. The van der Waals surface area contributed by atoms with E-state index in [0.29, 0.717) is 0 Å². The molecule has 0 atom stereocenters. The van der Waals surface area contributed by atoms with Crippen molar-refractivity contribution in [3.05, 3.63) is 53.6 Å². The summed E-state index contributed by atoms with van der Waals surface area (Å²) in [7, 11) is 0. The molecule has 0 aromatic heterocycles. The Morgan fingerprint density at radius 3 is 2.40 bits per heavy atom. The number of allylic oxidation sites excluding steroid dienone is 1. The standard InChI is InChI=1S/C13H8S.H2O/c14-12-8-7-10-4-1-3-9-5-2-6-11(12)13(9)10;/h1-8H;1H2. The first-order valence-corrected chi connectivity index (χ1v) is 5.01. The first-order chi connectivity index (χ1) is 6.86. The smallest absolute Gasteiger partial charge is 0.0456 e. The van der Waals surface area contributed by atoms with Crippen molar-refractivity contribution in [1.82, 2.24) is 0 Å². The molecule has 2 aromatic rings. The van der Waals surface area contributed by atoms with Gasteiger partial charge in [0.1, 0.15) is 0 Å². The largest absolute Gasteiger partial charge is 0.412 e. The maximum absolute atomic E-state index is 5.31. The van der Waals surface area contributed by atoms with Crippen molar-refractivity contribution in [3.8, 4) is 0 Å². The molecule has 0 spiro atoms. The van der Waals surface area contributed by atoms with Crippen LogP contribution < -0.4 is 0 Å². The minimum atomic E-state index is 0. The summed E-state index contributed by atoms with van der Waals surface area (Å²) in [4.78, 5) is 0.939. The Kier molecular flexibility index (Phi) is 2.39. The zero-order chi connectivity index (χ0) is 9.54. The highest BCUT2D eigenvalue weighted by molar-refractivity contribution is 7.81. The van der Waals surface area contributed by atoms with Crippen molar-refractivity contribution in [3.63, 3.8) is 0 Å². The van der Waals surface area contributed by atoms with Gasteiger partial charge in [0.05, 0.1) is 0 Å². The first kappa shape index (κ1) is 10.0. The number of benzene rings is 2. The first-order valence-electron chi connectivity index (χ1n) is 4.60. The monoisotopic (exact) mass is 214 g/mol. The van der Waals surface area contributed by atoms with Crippen molar-refractivity contribution in [2.75, 3.05) is 0 Å². The van der Waals surface area contributed by atoms with Gasteiger partial charge in [-0.15, -0.1) is 0 Å². The third kappa shape index (κ3) is 1.39. The van der Waals surface area contributed by atoms with Gasteiger partial charge in [0, 0.05) is 10.4 Å². The SMILES string of the molecule is O.S=C1C=Cc2cccc3cccc1c23. The van der Waals surface area contributed by atoms with E-state index in [0.717, 1.165) is 4.86 Å². The normalized spacial score (nSPS) is 12.7. The second-order valence-corrected chi connectivity index (χ2v) is 3.89. The maximum atomic E-state index is 5.31. The van der Waals surface area contributed by atoms with Gasteiger partial charge in [0.2, 0.25) is 0 Å². The molecule has 3 rings (SSSR count). The van der Waals surface area contributed by atoms with Gasteiger partial charge in [0.15, 0.2) is 0 Å². The lowest BCUT2D eigenvalue weighted by Crippen LogP contribution is -1.99. The second-order valence-electron chi connectivity index (χ2n) is 3.45. The molecule has 1 aliphatic rings. The van der Waals surface area contributed by atoms with E-state index in [1.165, 1.54) is 21.9 Å². The number of hydrogen-bond acceptors (Lipinski definition) is 1. The predicted molar refractivity (Wildman–Crippen MR) is 68.3 cm³/mol.